The Bertz CT molecular complexity index is 1120. The van der Waals surface area contributed by atoms with Crippen LogP contribution in [-0.2, 0) is 4.74 Å². The van der Waals surface area contributed by atoms with Crippen LogP contribution in [-0.4, -0.2) is 6.61 Å². The maximum absolute atomic E-state index is 14.4. The molecule has 1 atom stereocenters. The summed E-state index contributed by atoms with van der Waals surface area (Å²) in [6.45, 7) is 4.01. The molecule has 1 unspecified atom stereocenters. The lowest BCUT2D eigenvalue weighted by molar-refractivity contribution is 0.401. The Morgan fingerprint density at radius 3 is 2.32 bits per heavy atom. The lowest BCUT2D eigenvalue weighted by Crippen LogP contribution is -1.96. The largest absolute Gasteiger partial charge is 0.368 e. The van der Waals surface area contributed by atoms with Crippen molar-refractivity contribution in [2.45, 2.75) is 6.10 Å². The van der Waals surface area contributed by atoms with E-state index in [1.165, 1.54) is 6.07 Å². The first-order valence-electron chi connectivity index (χ1n) is 8.71. The number of halogens is 3. The number of benzene rings is 3. The summed E-state index contributed by atoms with van der Waals surface area (Å²) in [4.78, 5) is 0. The summed E-state index contributed by atoms with van der Waals surface area (Å²) in [5, 5.41) is 0. The van der Waals surface area contributed by atoms with Gasteiger partial charge >= 0.3 is 0 Å². The summed E-state index contributed by atoms with van der Waals surface area (Å²) in [5.74, 6) is 3.47. The lowest BCUT2D eigenvalue weighted by Gasteiger charge is -2.07. The number of hydrogen-bond donors (Lipinski definition) is 0. The van der Waals surface area contributed by atoms with Crippen LogP contribution < -0.4 is 0 Å². The van der Waals surface area contributed by atoms with Gasteiger partial charge in [0, 0.05) is 16.7 Å². The molecule has 1 saturated heterocycles. The summed E-state index contributed by atoms with van der Waals surface area (Å²) in [6.07, 6.45) is 1.22. The van der Waals surface area contributed by atoms with E-state index in [9.17, 15) is 13.2 Å². The van der Waals surface area contributed by atoms with E-state index in [1.807, 2.05) is 0 Å². The van der Waals surface area contributed by atoms with Crippen molar-refractivity contribution < 1.29 is 17.9 Å². The fourth-order valence-corrected chi connectivity index (χ4v) is 2.90. The minimum Gasteiger partial charge on any atom is -0.368 e. The highest BCUT2D eigenvalue weighted by Crippen LogP contribution is 2.35. The van der Waals surface area contributed by atoms with Gasteiger partial charge in [-0.2, -0.15) is 0 Å². The summed E-state index contributed by atoms with van der Waals surface area (Å²) in [5.41, 5.74) is 2.55. The lowest BCUT2D eigenvalue weighted by atomic mass is 10.0. The minimum atomic E-state index is -0.892. The highest BCUT2D eigenvalue weighted by atomic mass is 19.2. The van der Waals surface area contributed by atoms with Gasteiger partial charge in [0.25, 0.3) is 0 Å². The van der Waals surface area contributed by atoms with Gasteiger partial charge in [-0.25, -0.2) is 13.2 Å². The first-order chi connectivity index (χ1) is 13.6. The van der Waals surface area contributed by atoms with Gasteiger partial charge in [-0.3, -0.25) is 0 Å². The zero-order valence-electron chi connectivity index (χ0n) is 14.8. The van der Waals surface area contributed by atoms with E-state index in [2.05, 4.69) is 18.4 Å². The number of rotatable bonds is 3. The molecule has 3 aromatic carbocycles. The molecule has 1 fully saturated rings. The van der Waals surface area contributed by atoms with Crippen molar-refractivity contribution in [1.29, 1.82) is 0 Å². The monoisotopic (exact) mass is 376 g/mol. The molecular weight excluding hydrogens is 361 g/mol. The minimum absolute atomic E-state index is 0.174. The van der Waals surface area contributed by atoms with Crippen molar-refractivity contribution >= 4 is 6.08 Å². The SMILES string of the molecule is C=Cc1ccc(C#Cc2ccc(-c3ccc(C4CO4)c(F)c3F)cc2)c(F)c1. The first-order valence-corrected chi connectivity index (χ1v) is 8.71. The molecule has 0 spiro atoms. The van der Waals surface area contributed by atoms with E-state index >= 15 is 0 Å². The Hall–Kier alpha value is -3.29. The van der Waals surface area contributed by atoms with Gasteiger partial charge in [-0.1, -0.05) is 54.8 Å². The topological polar surface area (TPSA) is 12.5 Å². The van der Waals surface area contributed by atoms with E-state index in [0.29, 0.717) is 23.3 Å². The molecule has 138 valence electrons. The van der Waals surface area contributed by atoms with Crippen LogP contribution in [0.1, 0.15) is 28.4 Å². The molecule has 1 nitrogen and oxygen atoms in total. The Morgan fingerprint density at radius 2 is 1.68 bits per heavy atom. The van der Waals surface area contributed by atoms with Crippen LogP contribution >= 0.6 is 0 Å². The summed E-state index contributed by atoms with van der Waals surface area (Å²) in [7, 11) is 0. The quantitative estimate of drug-likeness (QED) is 0.410. The van der Waals surface area contributed by atoms with Crippen LogP contribution in [0.25, 0.3) is 17.2 Å². The Labute approximate surface area is 161 Å². The summed E-state index contributed by atoms with van der Waals surface area (Å²) >= 11 is 0. The smallest absolute Gasteiger partial charge is 0.167 e. The molecule has 0 bridgehead atoms. The fourth-order valence-electron chi connectivity index (χ4n) is 2.90. The van der Waals surface area contributed by atoms with E-state index in [-0.39, 0.29) is 22.8 Å². The van der Waals surface area contributed by atoms with E-state index < -0.39 is 17.5 Å². The number of hydrogen-bond acceptors (Lipinski definition) is 1. The van der Waals surface area contributed by atoms with Crippen molar-refractivity contribution in [1.82, 2.24) is 0 Å². The van der Waals surface area contributed by atoms with Crippen molar-refractivity contribution in [3.05, 3.63) is 101 Å². The number of ether oxygens (including phenoxy) is 1. The molecule has 0 saturated carbocycles. The molecule has 0 amide bonds. The molecule has 0 aliphatic carbocycles. The molecule has 4 heteroatoms. The second-order valence-electron chi connectivity index (χ2n) is 6.42. The second-order valence-corrected chi connectivity index (χ2v) is 6.42. The Balaban J connectivity index is 1.59. The molecule has 0 radical (unpaired) electrons. The third kappa shape index (κ3) is 3.58. The summed E-state index contributed by atoms with van der Waals surface area (Å²) in [6, 6.07) is 14.5. The van der Waals surface area contributed by atoms with Crippen molar-refractivity contribution in [2.24, 2.45) is 0 Å². The van der Waals surface area contributed by atoms with Crippen LogP contribution in [0.5, 0.6) is 0 Å². The first kappa shape index (κ1) is 18.1. The standard InChI is InChI=1S/C24H15F3O/c1-2-15-3-9-18(21(25)13-15)10-6-16-4-7-17(8-5-16)19-11-12-20(22-14-28-22)24(27)23(19)26/h2-5,7-9,11-13,22H,1,14H2. The third-order valence-corrected chi connectivity index (χ3v) is 4.56. The molecule has 1 heterocycles. The Morgan fingerprint density at radius 1 is 0.929 bits per heavy atom. The maximum atomic E-state index is 14.4. The highest BCUT2D eigenvalue weighted by molar-refractivity contribution is 5.66. The van der Waals surface area contributed by atoms with Gasteiger partial charge < -0.3 is 4.74 Å². The van der Waals surface area contributed by atoms with Crippen LogP contribution in [0.4, 0.5) is 13.2 Å². The molecule has 3 aromatic rings. The predicted octanol–water partition coefficient (Wildman–Crippen LogP) is 5.89. The van der Waals surface area contributed by atoms with Crippen molar-refractivity contribution in [3.63, 3.8) is 0 Å². The van der Waals surface area contributed by atoms with Gasteiger partial charge in [0.05, 0.1) is 12.2 Å². The third-order valence-electron chi connectivity index (χ3n) is 4.56. The van der Waals surface area contributed by atoms with Crippen LogP contribution in [0.3, 0.4) is 0 Å². The highest BCUT2D eigenvalue weighted by Gasteiger charge is 2.30. The molecule has 1 aliphatic rings. The van der Waals surface area contributed by atoms with Crippen molar-refractivity contribution in [3.8, 4) is 23.0 Å². The average Bonchev–Trinajstić information content (AvgIpc) is 3.55. The maximum Gasteiger partial charge on any atom is 0.167 e. The van der Waals surface area contributed by atoms with Gasteiger partial charge in [-0.15, -0.1) is 0 Å². The normalized spacial score (nSPS) is 14.9. The zero-order chi connectivity index (χ0) is 19.7. The van der Waals surface area contributed by atoms with E-state index in [0.717, 1.165) is 0 Å². The van der Waals surface area contributed by atoms with Crippen LogP contribution in [0, 0.1) is 29.3 Å². The van der Waals surface area contributed by atoms with E-state index in [4.69, 9.17) is 4.74 Å². The van der Waals surface area contributed by atoms with Gasteiger partial charge in [-0.05, 0) is 35.4 Å². The molecular formula is C24H15F3O. The molecule has 0 N–H and O–H groups in total. The van der Waals surface area contributed by atoms with Crippen molar-refractivity contribution in [2.75, 3.05) is 6.61 Å². The predicted molar refractivity (Wildman–Crippen MR) is 103 cm³/mol. The van der Waals surface area contributed by atoms with Gasteiger partial charge in [0.2, 0.25) is 0 Å². The summed E-state index contributed by atoms with van der Waals surface area (Å²) < 4.78 is 47.6. The fraction of sp³-hybridized carbons (Fsp3) is 0.0833. The molecule has 0 aromatic heterocycles. The van der Waals surface area contributed by atoms with Gasteiger partial charge in [0.1, 0.15) is 11.9 Å². The van der Waals surface area contributed by atoms with Crippen LogP contribution in [0.2, 0.25) is 0 Å². The zero-order valence-corrected chi connectivity index (χ0v) is 14.8. The molecule has 4 rings (SSSR count). The second kappa shape index (κ2) is 7.38. The average molecular weight is 376 g/mol. The van der Waals surface area contributed by atoms with Gasteiger partial charge in [0.15, 0.2) is 11.6 Å². The molecule has 28 heavy (non-hydrogen) atoms. The van der Waals surface area contributed by atoms with E-state index in [1.54, 1.807) is 54.6 Å². The number of epoxide rings is 1. The molecule has 1 aliphatic heterocycles. The Kier molecular flexibility index (Phi) is 4.77. The van der Waals surface area contributed by atoms with Crippen LogP contribution in [0.15, 0.2) is 61.2 Å².